The minimum atomic E-state index is 0.698. The summed E-state index contributed by atoms with van der Waals surface area (Å²) in [5, 5.41) is 0. The van der Waals surface area contributed by atoms with E-state index in [0.717, 1.165) is 37.0 Å². The molecule has 2 heterocycles. The lowest BCUT2D eigenvalue weighted by Crippen LogP contribution is -2.40. The van der Waals surface area contributed by atoms with Crippen molar-refractivity contribution in [2.75, 3.05) is 26.3 Å². The first kappa shape index (κ1) is 10.4. The Balaban J connectivity index is 1.91. The van der Waals surface area contributed by atoms with Crippen LogP contribution in [-0.4, -0.2) is 46.2 Å². The Labute approximate surface area is 94.3 Å². The summed E-state index contributed by atoms with van der Waals surface area (Å²) in [6.07, 6.45) is 5.81. The van der Waals surface area contributed by atoms with Crippen LogP contribution in [0.4, 0.5) is 0 Å². The lowest BCUT2D eigenvalue weighted by Gasteiger charge is -2.28. The van der Waals surface area contributed by atoms with Crippen molar-refractivity contribution in [3.63, 3.8) is 0 Å². The van der Waals surface area contributed by atoms with Crippen molar-refractivity contribution in [1.82, 2.24) is 14.9 Å². The number of aromatic nitrogens is 2. The number of thiocarbonyl (C=S) groups is 1. The van der Waals surface area contributed by atoms with Crippen molar-refractivity contribution >= 4 is 17.2 Å². The molecule has 4 nitrogen and oxygen atoms in total. The molecule has 0 N–H and O–H groups in total. The summed E-state index contributed by atoms with van der Waals surface area (Å²) in [5.41, 5.74) is 0.925. The minimum absolute atomic E-state index is 0.698. The van der Waals surface area contributed by atoms with E-state index in [1.165, 1.54) is 0 Å². The van der Waals surface area contributed by atoms with Gasteiger partial charge in [0.15, 0.2) is 0 Å². The maximum Gasteiger partial charge on any atom is 0.0841 e. The summed E-state index contributed by atoms with van der Waals surface area (Å²) in [4.78, 5) is 11.3. The molecular formula is C10H13N3OS. The van der Waals surface area contributed by atoms with Crippen molar-refractivity contribution in [1.29, 1.82) is 0 Å². The Morgan fingerprint density at radius 2 is 2.20 bits per heavy atom. The van der Waals surface area contributed by atoms with Crippen molar-refractivity contribution < 1.29 is 4.74 Å². The first-order chi connectivity index (χ1) is 7.36. The molecule has 1 saturated heterocycles. The van der Waals surface area contributed by atoms with Crippen LogP contribution in [0.2, 0.25) is 0 Å². The van der Waals surface area contributed by atoms with E-state index in [4.69, 9.17) is 17.0 Å². The van der Waals surface area contributed by atoms with Gasteiger partial charge in [0, 0.05) is 38.1 Å². The molecule has 5 heteroatoms. The van der Waals surface area contributed by atoms with Crippen LogP contribution >= 0.6 is 12.2 Å². The second-order valence-corrected chi connectivity index (χ2v) is 3.84. The van der Waals surface area contributed by atoms with Crippen LogP contribution in [0.1, 0.15) is 5.69 Å². The van der Waals surface area contributed by atoms with Gasteiger partial charge in [0.25, 0.3) is 0 Å². The zero-order chi connectivity index (χ0) is 10.5. The third-order valence-corrected chi connectivity index (χ3v) is 2.72. The largest absolute Gasteiger partial charge is 0.378 e. The van der Waals surface area contributed by atoms with Crippen molar-refractivity contribution in [3.8, 4) is 0 Å². The van der Waals surface area contributed by atoms with E-state index < -0.39 is 0 Å². The highest BCUT2D eigenvalue weighted by atomic mass is 32.1. The average Bonchev–Trinajstić information content (AvgIpc) is 2.31. The topological polar surface area (TPSA) is 38.2 Å². The maximum atomic E-state index is 5.36. The van der Waals surface area contributed by atoms with Gasteiger partial charge in [-0.25, -0.2) is 0 Å². The standard InChI is InChI=1S/C10H13N3OS/c15-10(13-3-5-14-6-4-13)7-9-8-11-1-2-12-9/h1-2,8H,3-7H2. The monoisotopic (exact) mass is 223 g/mol. The van der Waals surface area contributed by atoms with Crippen molar-refractivity contribution in [2.24, 2.45) is 0 Å². The molecule has 0 radical (unpaired) electrons. The molecule has 0 amide bonds. The summed E-state index contributed by atoms with van der Waals surface area (Å²) in [7, 11) is 0. The molecule has 15 heavy (non-hydrogen) atoms. The molecule has 1 fully saturated rings. The van der Waals surface area contributed by atoms with Crippen LogP contribution in [0.3, 0.4) is 0 Å². The Kier molecular flexibility index (Phi) is 3.58. The normalized spacial score (nSPS) is 16.4. The molecule has 0 aromatic carbocycles. The Morgan fingerprint density at radius 1 is 1.40 bits per heavy atom. The van der Waals surface area contributed by atoms with E-state index in [1.807, 2.05) is 0 Å². The number of morpholine rings is 1. The van der Waals surface area contributed by atoms with Gasteiger partial charge in [-0.05, 0) is 0 Å². The van der Waals surface area contributed by atoms with E-state index in [9.17, 15) is 0 Å². The smallest absolute Gasteiger partial charge is 0.0841 e. The zero-order valence-electron chi connectivity index (χ0n) is 8.43. The Morgan fingerprint density at radius 3 is 2.87 bits per heavy atom. The maximum absolute atomic E-state index is 5.36. The number of ether oxygens (including phenoxy) is 1. The average molecular weight is 223 g/mol. The zero-order valence-corrected chi connectivity index (χ0v) is 9.24. The summed E-state index contributed by atoms with van der Waals surface area (Å²) < 4.78 is 5.27. The Bertz CT molecular complexity index is 325. The lowest BCUT2D eigenvalue weighted by atomic mass is 10.3. The fraction of sp³-hybridized carbons (Fsp3) is 0.500. The molecule has 1 aliphatic heterocycles. The number of rotatable bonds is 2. The second-order valence-electron chi connectivity index (χ2n) is 3.37. The highest BCUT2D eigenvalue weighted by Crippen LogP contribution is 2.03. The van der Waals surface area contributed by atoms with Crippen molar-refractivity contribution in [3.05, 3.63) is 24.3 Å². The van der Waals surface area contributed by atoms with E-state index in [1.54, 1.807) is 18.6 Å². The van der Waals surface area contributed by atoms with Gasteiger partial charge < -0.3 is 9.64 Å². The van der Waals surface area contributed by atoms with Gasteiger partial charge in [-0.15, -0.1) is 0 Å². The van der Waals surface area contributed by atoms with E-state index in [-0.39, 0.29) is 0 Å². The van der Waals surface area contributed by atoms with Crippen LogP contribution in [0.5, 0.6) is 0 Å². The van der Waals surface area contributed by atoms with Gasteiger partial charge in [-0.1, -0.05) is 12.2 Å². The summed E-state index contributed by atoms with van der Waals surface area (Å²) in [5.74, 6) is 0. The number of hydrogen-bond acceptors (Lipinski definition) is 4. The van der Waals surface area contributed by atoms with Gasteiger partial charge in [0.2, 0.25) is 0 Å². The first-order valence-corrected chi connectivity index (χ1v) is 5.37. The SMILES string of the molecule is S=C(Cc1cnccn1)N1CCOCC1. The molecule has 80 valence electrons. The summed E-state index contributed by atoms with van der Waals surface area (Å²) in [6.45, 7) is 3.30. The first-order valence-electron chi connectivity index (χ1n) is 4.96. The quantitative estimate of drug-likeness (QED) is 0.689. The molecular weight excluding hydrogens is 210 g/mol. The summed E-state index contributed by atoms with van der Waals surface area (Å²) in [6, 6.07) is 0. The molecule has 2 rings (SSSR count). The minimum Gasteiger partial charge on any atom is -0.378 e. The highest BCUT2D eigenvalue weighted by molar-refractivity contribution is 7.80. The molecule has 0 aliphatic carbocycles. The van der Waals surface area contributed by atoms with Gasteiger partial charge in [0.05, 0.1) is 23.9 Å². The van der Waals surface area contributed by atoms with Crippen LogP contribution in [-0.2, 0) is 11.2 Å². The predicted octanol–water partition coefficient (Wildman–Crippen LogP) is 0.679. The number of nitrogens with zero attached hydrogens (tertiary/aromatic N) is 3. The fourth-order valence-electron chi connectivity index (χ4n) is 1.50. The Hall–Kier alpha value is -1.07. The second kappa shape index (κ2) is 5.14. The fourth-order valence-corrected chi connectivity index (χ4v) is 1.83. The molecule has 0 bridgehead atoms. The highest BCUT2D eigenvalue weighted by Gasteiger charge is 2.13. The molecule has 0 saturated carbocycles. The lowest BCUT2D eigenvalue weighted by molar-refractivity contribution is 0.0684. The van der Waals surface area contributed by atoms with E-state index >= 15 is 0 Å². The molecule has 0 atom stereocenters. The van der Waals surface area contributed by atoms with Gasteiger partial charge in [-0.2, -0.15) is 0 Å². The van der Waals surface area contributed by atoms with Crippen LogP contribution in [0.25, 0.3) is 0 Å². The molecule has 1 aliphatic rings. The van der Waals surface area contributed by atoms with Gasteiger partial charge in [0.1, 0.15) is 0 Å². The molecule has 0 unspecified atom stereocenters. The summed E-state index contributed by atoms with van der Waals surface area (Å²) >= 11 is 5.36. The molecule has 1 aromatic heterocycles. The van der Waals surface area contributed by atoms with Gasteiger partial charge in [-0.3, -0.25) is 9.97 Å². The van der Waals surface area contributed by atoms with Gasteiger partial charge >= 0.3 is 0 Å². The molecule has 1 aromatic rings. The van der Waals surface area contributed by atoms with E-state index in [0.29, 0.717) is 6.42 Å². The van der Waals surface area contributed by atoms with Crippen LogP contribution < -0.4 is 0 Å². The van der Waals surface area contributed by atoms with E-state index in [2.05, 4.69) is 14.9 Å². The van der Waals surface area contributed by atoms with Crippen LogP contribution in [0.15, 0.2) is 18.6 Å². The predicted molar refractivity (Wildman–Crippen MR) is 60.7 cm³/mol. The third kappa shape index (κ3) is 2.94. The molecule has 0 spiro atoms. The van der Waals surface area contributed by atoms with Crippen molar-refractivity contribution in [2.45, 2.75) is 6.42 Å². The third-order valence-electron chi connectivity index (χ3n) is 2.31. The number of hydrogen-bond donors (Lipinski definition) is 0. The van der Waals surface area contributed by atoms with Crippen LogP contribution in [0, 0.1) is 0 Å².